The first-order valence-corrected chi connectivity index (χ1v) is 9.60. The first kappa shape index (κ1) is 18.0. The van der Waals surface area contributed by atoms with Gasteiger partial charge in [0.15, 0.2) is 0 Å². The van der Waals surface area contributed by atoms with Crippen LogP contribution in [0.5, 0.6) is 5.75 Å². The molecule has 4 rings (SSSR count). The van der Waals surface area contributed by atoms with E-state index in [9.17, 15) is 4.79 Å². The lowest BCUT2D eigenvalue weighted by Crippen LogP contribution is -2.35. The smallest absolute Gasteiger partial charge is 0.259 e. The molecule has 0 saturated carbocycles. The number of anilines is 3. The van der Waals surface area contributed by atoms with Crippen molar-refractivity contribution < 1.29 is 9.53 Å². The van der Waals surface area contributed by atoms with E-state index >= 15 is 0 Å². The van der Waals surface area contributed by atoms with Crippen LogP contribution in [0.15, 0.2) is 67.0 Å². The fourth-order valence-electron chi connectivity index (χ4n) is 3.53. The lowest BCUT2D eigenvalue weighted by atomic mass is 10.0. The number of hydrogen-bond donors (Lipinski definition) is 1. The van der Waals surface area contributed by atoms with Crippen LogP contribution in [0.2, 0.25) is 0 Å². The summed E-state index contributed by atoms with van der Waals surface area (Å²) in [6, 6.07) is 17.7. The minimum atomic E-state index is -0.0265. The number of aryl methyl sites for hydroxylation is 1. The van der Waals surface area contributed by atoms with Crippen LogP contribution in [0, 0.1) is 0 Å². The van der Waals surface area contributed by atoms with Gasteiger partial charge in [0.2, 0.25) is 0 Å². The molecular formula is C23H23N3O2. The third-order valence-electron chi connectivity index (χ3n) is 4.81. The molecule has 2 heterocycles. The summed E-state index contributed by atoms with van der Waals surface area (Å²) in [6.45, 7) is 3.26. The summed E-state index contributed by atoms with van der Waals surface area (Å²) < 4.78 is 5.66. The van der Waals surface area contributed by atoms with Crippen molar-refractivity contribution in [2.75, 3.05) is 23.4 Å². The third kappa shape index (κ3) is 3.69. The number of amides is 1. The molecule has 0 radical (unpaired) electrons. The molecular weight excluding hydrogens is 350 g/mol. The predicted octanol–water partition coefficient (Wildman–Crippen LogP) is 4.82. The Kier molecular flexibility index (Phi) is 5.24. The van der Waals surface area contributed by atoms with Gasteiger partial charge in [-0.25, -0.2) is 0 Å². The Morgan fingerprint density at radius 3 is 2.86 bits per heavy atom. The highest BCUT2D eigenvalue weighted by Gasteiger charge is 2.23. The van der Waals surface area contributed by atoms with Crippen LogP contribution < -0.4 is 15.0 Å². The number of fused-ring (bicyclic) bond motifs is 1. The summed E-state index contributed by atoms with van der Waals surface area (Å²) in [6.07, 6.45) is 5.31. The van der Waals surface area contributed by atoms with Crippen molar-refractivity contribution in [3.8, 4) is 5.75 Å². The zero-order valence-electron chi connectivity index (χ0n) is 15.9. The van der Waals surface area contributed by atoms with E-state index in [0.29, 0.717) is 12.2 Å². The Hall–Kier alpha value is -3.34. The van der Waals surface area contributed by atoms with Gasteiger partial charge in [-0.05, 0) is 49.6 Å². The maximum Gasteiger partial charge on any atom is 0.259 e. The van der Waals surface area contributed by atoms with E-state index in [0.717, 1.165) is 42.2 Å². The summed E-state index contributed by atoms with van der Waals surface area (Å²) in [5.74, 6) is 0.744. The van der Waals surface area contributed by atoms with Crippen molar-refractivity contribution in [2.45, 2.75) is 19.8 Å². The molecule has 1 amide bonds. The van der Waals surface area contributed by atoms with Crippen molar-refractivity contribution in [2.24, 2.45) is 0 Å². The van der Waals surface area contributed by atoms with Crippen molar-refractivity contribution in [3.05, 3.63) is 78.1 Å². The lowest BCUT2D eigenvalue weighted by molar-refractivity contribution is 0.0985. The van der Waals surface area contributed by atoms with Crippen LogP contribution in [0.25, 0.3) is 0 Å². The van der Waals surface area contributed by atoms with Crippen LogP contribution >= 0.6 is 0 Å². The zero-order chi connectivity index (χ0) is 19.3. The van der Waals surface area contributed by atoms with Gasteiger partial charge in [0.1, 0.15) is 5.75 Å². The second-order valence-corrected chi connectivity index (χ2v) is 6.71. The topological polar surface area (TPSA) is 54.5 Å². The van der Waals surface area contributed by atoms with E-state index in [1.165, 1.54) is 5.56 Å². The Bertz CT molecular complexity index is 987. The van der Waals surface area contributed by atoms with Crippen molar-refractivity contribution in [3.63, 3.8) is 0 Å². The van der Waals surface area contributed by atoms with Gasteiger partial charge in [-0.1, -0.05) is 30.3 Å². The molecule has 5 nitrogen and oxygen atoms in total. The second-order valence-electron chi connectivity index (χ2n) is 6.71. The van der Waals surface area contributed by atoms with Crippen LogP contribution in [-0.4, -0.2) is 24.0 Å². The molecule has 0 atom stereocenters. The van der Waals surface area contributed by atoms with Crippen LogP contribution in [0.1, 0.15) is 29.3 Å². The fourth-order valence-corrected chi connectivity index (χ4v) is 3.53. The molecule has 0 spiro atoms. The molecule has 5 heteroatoms. The second kappa shape index (κ2) is 8.13. The molecule has 1 aliphatic heterocycles. The van der Waals surface area contributed by atoms with E-state index in [-0.39, 0.29) is 5.91 Å². The third-order valence-corrected chi connectivity index (χ3v) is 4.81. The number of hydrogen-bond acceptors (Lipinski definition) is 4. The van der Waals surface area contributed by atoms with Gasteiger partial charge in [0.25, 0.3) is 5.91 Å². The number of nitrogens with one attached hydrogen (secondary N) is 1. The number of carbonyl (C=O) groups is 1. The van der Waals surface area contributed by atoms with E-state index in [1.54, 1.807) is 12.4 Å². The number of nitrogens with zero attached hydrogens (tertiary/aromatic N) is 2. The Morgan fingerprint density at radius 1 is 1.14 bits per heavy atom. The summed E-state index contributed by atoms with van der Waals surface area (Å²) >= 11 is 0. The van der Waals surface area contributed by atoms with Gasteiger partial charge in [-0.15, -0.1) is 0 Å². The van der Waals surface area contributed by atoms with Gasteiger partial charge in [-0.3, -0.25) is 9.78 Å². The first-order valence-electron chi connectivity index (χ1n) is 9.60. The summed E-state index contributed by atoms with van der Waals surface area (Å²) in [5.41, 5.74) is 4.38. The van der Waals surface area contributed by atoms with Gasteiger partial charge in [0.05, 0.1) is 29.7 Å². The predicted molar refractivity (Wildman–Crippen MR) is 112 cm³/mol. The molecule has 0 aliphatic carbocycles. The molecule has 3 aromatic rings. The number of para-hydroxylation sites is 3. The zero-order valence-corrected chi connectivity index (χ0v) is 15.9. The highest BCUT2D eigenvalue weighted by atomic mass is 16.5. The molecule has 1 aliphatic rings. The van der Waals surface area contributed by atoms with Crippen molar-refractivity contribution in [1.82, 2.24) is 4.98 Å². The SMILES string of the molecule is CCOc1ccccc1Nc1cncc(C(=O)N2CCCc3ccccc32)c1. The van der Waals surface area contributed by atoms with Crippen molar-refractivity contribution >= 4 is 23.0 Å². The number of rotatable bonds is 5. The lowest BCUT2D eigenvalue weighted by Gasteiger charge is -2.29. The molecule has 0 bridgehead atoms. The average Bonchev–Trinajstić information content (AvgIpc) is 2.75. The van der Waals surface area contributed by atoms with Gasteiger partial charge in [-0.2, -0.15) is 0 Å². The Morgan fingerprint density at radius 2 is 1.96 bits per heavy atom. The molecule has 1 N–H and O–H groups in total. The van der Waals surface area contributed by atoms with Gasteiger partial charge >= 0.3 is 0 Å². The minimum absolute atomic E-state index is 0.0265. The standard InChI is InChI=1S/C23H23N3O2/c1-2-28-22-12-6-4-10-20(22)25-19-14-18(15-24-16-19)23(27)26-13-7-9-17-8-3-5-11-21(17)26/h3-6,8,10-12,14-16,25H,2,7,9,13H2,1H3. The maximum absolute atomic E-state index is 13.2. The van der Waals surface area contributed by atoms with Crippen LogP contribution in [0.4, 0.5) is 17.1 Å². The monoisotopic (exact) mass is 373 g/mol. The number of aromatic nitrogens is 1. The van der Waals surface area contributed by atoms with Crippen LogP contribution in [-0.2, 0) is 6.42 Å². The molecule has 0 fully saturated rings. The van der Waals surface area contributed by atoms with Gasteiger partial charge < -0.3 is 15.0 Å². The van der Waals surface area contributed by atoms with E-state index in [4.69, 9.17) is 4.74 Å². The van der Waals surface area contributed by atoms with Crippen molar-refractivity contribution in [1.29, 1.82) is 0 Å². The van der Waals surface area contributed by atoms with E-state index in [2.05, 4.69) is 16.4 Å². The molecule has 2 aromatic carbocycles. The number of benzene rings is 2. The molecule has 142 valence electrons. The minimum Gasteiger partial charge on any atom is -0.492 e. The maximum atomic E-state index is 13.2. The molecule has 0 unspecified atom stereocenters. The highest BCUT2D eigenvalue weighted by molar-refractivity contribution is 6.07. The fraction of sp³-hybridized carbons (Fsp3) is 0.217. The molecule has 1 aromatic heterocycles. The Labute approximate surface area is 165 Å². The summed E-state index contributed by atoms with van der Waals surface area (Å²) in [7, 11) is 0. The highest BCUT2D eigenvalue weighted by Crippen LogP contribution is 2.30. The molecule has 0 saturated heterocycles. The van der Waals surface area contributed by atoms with E-state index in [1.807, 2.05) is 60.4 Å². The quantitative estimate of drug-likeness (QED) is 0.697. The summed E-state index contributed by atoms with van der Waals surface area (Å²) in [4.78, 5) is 19.3. The summed E-state index contributed by atoms with van der Waals surface area (Å²) in [5, 5.41) is 3.32. The first-order chi connectivity index (χ1) is 13.8. The number of ether oxygens (including phenoxy) is 1. The Balaban J connectivity index is 1.59. The van der Waals surface area contributed by atoms with E-state index < -0.39 is 0 Å². The average molecular weight is 373 g/mol. The number of pyridine rings is 1. The van der Waals surface area contributed by atoms with Gasteiger partial charge in [0, 0.05) is 18.4 Å². The van der Waals surface area contributed by atoms with Crippen LogP contribution in [0.3, 0.4) is 0 Å². The molecule has 28 heavy (non-hydrogen) atoms. The largest absolute Gasteiger partial charge is 0.492 e. The normalized spacial score (nSPS) is 13.0. The number of carbonyl (C=O) groups excluding carboxylic acids is 1.